The van der Waals surface area contributed by atoms with Crippen molar-refractivity contribution in [1.82, 2.24) is 5.32 Å². The van der Waals surface area contributed by atoms with E-state index in [0.717, 1.165) is 4.47 Å². The fraction of sp³-hybridized carbons (Fsp3) is 0.0625. The molecule has 2 aromatic carbocycles. The number of amides is 3. The second-order valence-corrected chi connectivity index (χ2v) is 6.49. The van der Waals surface area contributed by atoms with Gasteiger partial charge in [0.1, 0.15) is 0 Å². The van der Waals surface area contributed by atoms with Crippen molar-refractivity contribution in [2.24, 2.45) is 0 Å². The number of anilines is 2. The molecule has 130 valence electrons. The lowest BCUT2D eigenvalue weighted by Crippen LogP contribution is -2.39. The van der Waals surface area contributed by atoms with Crippen molar-refractivity contribution >= 4 is 68.2 Å². The Morgan fingerprint density at radius 1 is 0.920 bits per heavy atom. The second kappa shape index (κ2) is 8.84. The van der Waals surface area contributed by atoms with Crippen molar-refractivity contribution in [2.75, 3.05) is 17.2 Å². The fourth-order valence-corrected chi connectivity index (χ4v) is 2.37. The summed E-state index contributed by atoms with van der Waals surface area (Å²) < 4.78 is 0.839. The van der Waals surface area contributed by atoms with Gasteiger partial charge in [-0.25, -0.2) is 0 Å². The van der Waals surface area contributed by atoms with Crippen LogP contribution in [0.15, 0.2) is 46.9 Å². The molecule has 2 rings (SSSR count). The lowest BCUT2D eigenvalue weighted by molar-refractivity contribution is -0.136. The van der Waals surface area contributed by atoms with E-state index in [1.165, 1.54) is 0 Å². The van der Waals surface area contributed by atoms with Gasteiger partial charge in [-0.1, -0.05) is 45.2 Å². The van der Waals surface area contributed by atoms with Gasteiger partial charge in [0.25, 0.3) is 0 Å². The van der Waals surface area contributed by atoms with Crippen molar-refractivity contribution in [3.8, 4) is 0 Å². The van der Waals surface area contributed by atoms with Crippen molar-refractivity contribution < 1.29 is 14.4 Å². The Bertz CT molecular complexity index is 813. The molecule has 3 N–H and O–H groups in total. The van der Waals surface area contributed by atoms with E-state index < -0.39 is 24.3 Å². The van der Waals surface area contributed by atoms with E-state index in [0.29, 0.717) is 11.4 Å². The quantitative estimate of drug-likeness (QED) is 0.631. The van der Waals surface area contributed by atoms with E-state index in [-0.39, 0.29) is 10.0 Å². The molecule has 9 heteroatoms. The van der Waals surface area contributed by atoms with Crippen LogP contribution < -0.4 is 16.0 Å². The smallest absolute Gasteiger partial charge is 0.313 e. The summed E-state index contributed by atoms with van der Waals surface area (Å²) in [5.41, 5.74) is 0.770. The summed E-state index contributed by atoms with van der Waals surface area (Å²) in [6.07, 6.45) is 0. The van der Waals surface area contributed by atoms with Gasteiger partial charge < -0.3 is 16.0 Å². The molecule has 0 aliphatic rings. The lowest BCUT2D eigenvalue weighted by atomic mass is 10.3. The van der Waals surface area contributed by atoms with Crippen LogP contribution in [0.1, 0.15) is 0 Å². The largest absolute Gasteiger partial charge is 0.339 e. The van der Waals surface area contributed by atoms with E-state index >= 15 is 0 Å². The predicted octanol–water partition coefficient (Wildman–Crippen LogP) is 3.45. The Balaban J connectivity index is 1.84. The Kier molecular flexibility index (Phi) is 6.81. The molecular weight excluding hydrogens is 433 g/mol. The number of carbonyl (C=O) groups excluding carboxylic acids is 3. The normalized spacial score (nSPS) is 10.0. The Morgan fingerprint density at radius 3 is 2.28 bits per heavy atom. The molecule has 2 aromatic rings. The first-order valence-electron chi connectivity index (χ1n) is 6.95. The molecule has 0 bridgehead atoms. The third-order valence-electron chi connectivity index (χ3n) is 2.94. The highest BCUT2D eigenvalue weighted by Crippen LogP contribution is 2.29. The van der Waals surface area contributed by atoms with Gasteiger partial charge in [0.05, 0.1) is 22.3 Å². The molecule has 0 saturated heterocycles. The fourth-order valence-electron chi connectivity index (χ4n) is 1.76. The number of halogens is 3. The molecule has 0 atom stereocenters. The van der Waals surface area contributed by atoms with Crippen LogP contribution in [0.3, 0.4) is 0 Å². The van der Waals surface area contributed by atoms with Gasteiger partial charge in [-0.15, -0.1) is 0 Å². The van der Waals surface area contributed by atoms with Crippen LogP contribution >= 0.6 is 39.1 Å². The predicted molar refractivity (Wildman–Crippen MR) is 101 cm³/mol. The van der Waals surface area contributed by atoms with E-state index in [1.54, 1.807) is 42.5 Å². The molecule has 0 heterocycles. The van der Waals surface area contributed by atoms with Crippen molar-refractivity contribution in [1.29, 1.82) is 0 Å². The van der Waals surface area contributed by atoms with Gasteiger partial charge in [-0.3, -0.25) is 14.4 Å². The highest BCUT2D eigenvalue weighted by atomic mass is 79.9. The van der Waals surface area contributed by atoms with Crippen LogP contribution in [0, 0.1) is 0 Å². The summed E-state index contributed by atoms with van der Waals surface area (Å²) in [5, 5.41) is 7.61. The summed E-state index contributed by atoms with van der Waals surface area (Å²) in [5.74, 6) is -2.36. The van der Waals surface area contributed by atoms with Crippen LogP contribution in [0.25, 0.3) is 0 Å². The van der Waals surface area contributed by atoms with Gasteiger partial charge in [0.2, 0.25) is 5.91 Å². The summed E-state index contributed by atoms with van der Waals surface area (Å²) >= 11 is 15.1. The topological polar surface area (TPSA) is 87.3 Å². The lowest BCUT2D eigenvalue weighted by Gasteiger charge is -2.09. The zero-order valence-corrected chi connectivity index (χ0v) is 15.7. The van der Waals surface area contributed by atoms with E-state index in [4.69, 9.17) is 23.2 Å². The molecule has 0 aromatic heterocycles. The summed E-state index contributed by atoms with van der Waals surface area (Å²) in [4.78, 5) is 35.3. The maximum absolute atomic E-state index is 11.8. The average molecular weight is 445 g/mol. The molecule has 0 saturated carbocycles. The molecule has 0 aliphatic carbocycles. The number of hydrogen-bond donors (Lipinski definition) is 3. The molecule has 3 amide bonds. The molecule has 0 unspecified atom stereocenters. The monoisotopic (exact) mass is 443 g/mol. The van der Waals surface area contributed by atoms with Gasteiger partial charge in [-0.05, 0) is 36.4 Å². The Morgan fingerprint density at radius 2 is 1.60 bits per heavy atom. The minimum absolute atomic E-state index is 0.192. The highest BCUT2D eigenvalue weighted by molar-refractivity contribution is 9.10. The standard InChI is InChI=1S/C16H12BrCl2N3O3/c17-9-4-6-10(7-5-9)21-16(25)15(24)20-8-13(23)22-12-3-1-2-11(18)14(12)19/h1-7H,8H2,(H,20,24)(H,21,25)(H,22,23). The van der Waals surface area contributed by atoms with Crippen molar-refractivity contribution in [3.63, 3.8) is 0 Å². The Hall–Kier alpha value is -2.09. The van der Waals surface area contributed by atoms with Gasteiger partial charge in [-0.2, -0.15) is 0 Å². The first-order chi connectivity index (χ1) is 11.9. The zero-order chi connectivity index (χ0) is 18.4. The third-order valence-corrected chi connectivity index (χ3v) is 4.29. The van der Waals surface area contributed by atoms with Crippen LogP contribution in [0.4, 0.5) is 11.4 Å². The Labute approximate surface area is 162 Å². The average Bonchev–Trinajstić information content (AvgIpc) is 2.59. The van der Waals surface area contributed by atoms with Crippen LogP contribution in [0.2, 0.25) is 10.0 Å². The van der Waals surface area contributed by atoms with Crippen molar-refractivity contribution in [2.45, 2.75) is 0 Å². The molecule has 25 heavy (non-hydrogen) atoms. The second-order valence-electron chi connectivity index (χ2n) is 4.79. The molecule has 0 radical (unpaired) electrons. The van der Waals surface area contributed by atoms with E-state index in [2.05, 4.69) is 31.9 Å². The summed E-state index contributed by atoms with van der Waals surface area (Å²) in [6.45, 7) is -0.393. The summed E-state index contributed by atoms with van der Waals surface area (Å²) in [7, 11) is 0. The maximum Gasteiger partial charge on any atom is 0.313 e. The number of hydrogen-bond acceptors (Lipinski definition) is 3. The van der Waals surface area contributed by atoms with Crippen LogP contribution in [0.5, 0.6) is 0 Å². The van der Waals surface area contributed by atoms with Crippen LogP contribution in [-0.2, 0) is 14.4 Å². The van der Waals surface area contributed by atoms with Crippen LogP contribution in [-0.4, -0.2) is 24.3 Å². The summed E-state index contributed by atoms with van der Waals surface area (Å²) in [6, 6.07) is 11.5. The van der Waals surface area contributed by atoms with Gasteiger partial charge >= 0.3 is 11.8 Å². The number of benzene rings is 2. The molecular formula is C16H12BrCl2N3O3. The third kappa shape index (κ3) is 5.74. The first kappa shape index (κ1) is 19.2. The maximum atomic E-state index is 11.8. The van der Waals surface area contributed by atoms with E-state index in [9.17, 15) is 14.4 Å². The molecule has 0 fully saturated rings. The molecule has 6 nitrogen and oxygen atoms in total. The SMILES string of the molecule is O=C(CNC(=O)C(=O)Nc1ccc(Br)cc1)Nc1cccc(Cl)c1Cl. The van der Waals surface area contributed by atoms with Gasteiger partial charge in [0, 0.05) is 10.2 Å². The minimum atomic E-state index is -0.935. The van der Waals surface area contributed by atoms with Crippen molar-refractivity contribution in [3.05, 3.63) is 57.0 Å². The highest BCUT2D eigenvalue weighted by Gasteiger charge is 2.15. The minimum Gasteiger partial charge on any atom is -0.339 e. The van der Waals surface area contributed by atoms with E-state index in [1.807, 2.05) is 0 Å². The number of carbonyl (C=O) groups is 3. The molecule has 0 spiro atoms. The first-order valence-corrected chi connectivity index (χ1v) is 8.50. The zero-order valence-electron chi connectivity index (χ0n) is 12.6. The number of nitrogens with one attached hydrogen (secondary N) is 3. The number of rotatable bonds is 4. The molecule has 0 aliphatic heterocycles. The van der Waals surface area contributed by atoms with Gasteiger partial charge in [0.15, 0.2) is 0 Å².